The Morgan fingerprint density at radius 3 is 2.23 bits per heavy atom. The maximum absolute atomic E-state index is 10.3. The number of aliphatic hydroxyl groups excluding tert-OH is 5. The van der Waals surface area contributed by atoms with Gasteiger partial charge >= 0.3 is 0 Å². The Kier molecular flexibility index (Phi) is 6.76. The first-order valence-electron chi connectivity index (χ1n) is 8.35. The van der Waals surface area contributed by atoms with Crippen LogP contribution in [0.2, 0.25) is 0 Å². The highest BCUT2D eigenvalue weighted by Crippen LogP contribution is 2.29. The van der Waals surface area contributed by atoms with Crippen LogP contribution >= 0.6 is 0 Å². The van der Waals surface area contributed by atoms with Crippen LogP contribution in [0.15, 0.2) is 4.99 Å². The number of aliphatic hydroxyl groups is 5. The lowest BCUT2D eigenvalue weighted by atomic mass is 9.84. The van der Waals surface area contributed by atoms with Crippen molar-refractivity contribution in [3.05, 3.63) is 0 Å². The van der Waals surface area contributed by atoms with Gasteiger partial charge in [0.25, 0.3) is 0 Å². The number of rotatable bonds is 4. The van der Waals surface area contributed by atoms with Gasteiger partial charge < -0.3 is 57.9 Å². The van der Waals surface area contributed by atoms with Crippen molar-refractivity contribution < 1.29 is 35.0 Å². The van der Waals surface area contributed by atoms with Crippen molar-refractivity contribution in [3.8, 4) is 0 Å². The summed E-state index contributed by atoms with van der Waals surface area (Å²) in [6, 6.07) is -2.73. The lowest BCUT2D eigenvalue weighted by molar-refractivity contribution is -0.301. The molecule has 12 heteroatoms. The molecule has 3 unspecified atom stereocenters. The molecule has 0 aromatic heterocycles. The van der Waals surface area contributed by atoms with Crippen molar-refractivity contribution in [3.63, 3.8) is 0 Å². The third-order valence-corrected chi connectivity index (χ3v) is 4.78. The molecule has 2 aliphatic rings. The summed E-state index contributed by atoms with van der Waals surface area (Å²) < 4.78 is 11.1. The van der Waals surface area contributed by atoms with Crippen LogP contribution in [0.25, 0.3) is 0 Å². The molecule has 2 rings (SSSR count). The molecule has 12 nitrogen and oxygen atoms in total. The zero-order valence-corrected chi connectivity index (χ0v) is 14.4. The number of hydrogen-bond donors (Lipinski definition) is 9. The van der Waals surface area contributed by atoms with Crippen molar-refractivity contribution in [1.82, 2.24) is 0 Å². The van der Waals surface area contributed by atoms with E-state index in [1.807, 2.05) is 0 Å². The van der Waals surface area contributed by atoms with Crippen LogP contribution in [0.5, 0.6) is 0 Å². The lowest BCUT2D eigenvalue weighted by Gasteiger charge is -2.46. The largest absolute Gasteiger partial charge is 0.391 e. The maximum Gasteiger partial charge on any atom is 0.186 e. The molecule has 0 bridgehead atoms. The molecule has 1 aliphatic carbocycles. The van der Waals surface area contributed by atoms with Gasteiger partial charge in [0.05, 0.1) is 18.2 Å². The molecule has 0 amide bonds. The second kappa shape index (κ2) is 8.29. The molecule has 0 aromatic carbocycles. The van der Waals surface area contributed by atoms with Crippen LogP contribution in [0.4, 0.5) is 0 Å². The molecule has 1 heterocycles. The topological polar surface area (TPSA) is 236 Å². The first-order valence-corrected chi connectivity index (χ1v) is 8.35. The SMILES string of the molecule is C[C@@H](O)C1O[C@H](O[C@H]2C(N)CC(N=C(N)N)[C@@H](O)[C@H]2O)[C@@H](N)[C@H](O)[C@@H]1O. The van der Waals surface area contributed by atoms with E-state index in [9.17, 15) is 25.5 Å². The van der Waals surface area contributed by atoms with Crippen LogP contribution in [-0.4, -0.2) is 98.6 Å². The fourth-order valence-electron chi connectivity index (χ4n) is 3.32. The molecule has 1 saturated carbocycles. The number of nitrogens with two attached hydrogens (primary N) is 4. The zero-order valence-electron chi connectivity index (χ0n) is 14.4. The van der Waals surface area contributed by atoms with E-state index in [0.717, 1.165) is 0 Å². The van der Waals surface area contributed by atoms with Crippen LogP contribution in [0.3, 0.4) is 0 Å². The molecule has 0 aromatic rings. The van der Waals surface area contributed by atoms with Crippen LogP contribution in [-0.2, 0) is 9.47 Å². The Morgan fingerprint density at radius 1 is 1.08 bits per heavy atom. The van der Waals surface area contributed by atoms with Gasteiger partial charge in [0.1, 0.15) is 36.6 Å². The third kappa shape index (κ3) is 4.24. The van der Waals surface area contributed by atoms with Crippen molar-refractivity contribution in [2.75, 3.05) is 0 Å². The first-order chi connectivity index (χ1) is 12.0. The molecular formula is C14H29N5O7. The molecule has 26 heavy (non-hydrogen) atoms. The van der Waals surface area contributed by atoms with Gasteiger partial charge in [-0.25, -0.2) is 4.99 Å². The van der Waals surface area contributed by atoms with E-state index < -0.39 is 67.1 Å². The summed E-state index contributed by atoms with van der Waals surface area (Å²) in [5, 5.41) is 50.2. The van der Waals surface area contributed by atoms with E-state index in [0.29, 0.717) is 0 Å². The fourth-order valence-corrected chi connectivity index (χ4v) is 3.32. The molecule has 0 spiro atoms. The lowest BCUT2D eigenvalue weighted by Crippen LogP contribution is -2.67. The van der Waals surface area contributed by atoms with Crippen LogP contribution in [0, 0.1) is 0 Å². The first kappa shape index (κ1) is 21.2. The Labute approximate surface area is 150 Å². The minimum absolute atomic E-state index is 0.119. The summed E-state index contributed by atoms with van der Waals surface area (Å²) >= 11 is 0. The van der Waals surface area contributed by atoms with Gasteiger partial charge in [-0.15, -0.1) is 0 Å². The Balaban J connectivity index is 2.12. The number of nitrogens with zero attached hydrogens (tertiary/aromatic N) is 1. The maximum atomic E-state index is 10.3. The number of ether oxygens (including phenoxy) is 2. The average molecular weight is 379 g/mol. The minimum atomic E-state index is -1.45. The number of aliphatic imine (C=N–C) groups is 1. The Hall–Kier alpha value is -1.09. The summed E-state index contributed by atoms with van der Waals surface area (Å²) in [5.41, 5.74) is 22.4. The second-order valence-corrected chi connectivity index (χ2v) is 6.87. The van der Waals surface area contributed by atoms with Gasteiger partial charge in [0, 0.05) is 6.04 Å². The zero-order chi connectivity index (χ0) is 19.8. The monoisotopic (exact) mass is 379 g/mol. The molecular weight excluding hydrogens is 350 g/mol. The van der Waals surface area contributed by atoms with E-state index in [2.05, 4.69) is 4.99 Å². The smallest absolute Gasteiger partial charge is 0.186 e. The molecule has 1 saturated heterocycles. The van der Waals surface area contributed by atoms with Gasteiger partial charge in [-0.1, -0.05) is 0 Å². The quantitative estimate of drug-likeness (QED) is 0.165. The van der Waals surface area contributed by atoms with Crippen molar-refractivity contribution >= 4 is 5.96 Å². The van der Waals surface area contributed by atoms with Gasteiger partial charge in [-0.3, -0.25) is 0 Å². The fraction of sp³-hybridized carbons (Fsp3) is 0.929. The molecule has 152 valence electrons. The highest BCUT2D eigenvalue weighted by molar-refractivity contribution is 5.75. The molecule has 13 N–H and O–H groups in total. The molecule has 2 fully saturated rings. The van der Waals surface area contributed by atoms with E-state index in [-0.39, 0.29) is 12.4 Å². The van der Waals surface area contributed by atoms with Crippen molar-refractivity contribution in [2.24, 2.45) is 27.9 Å². The highest BCUT2D eigenvalue weighted by atomic mass is 16.7. The summed E-state index contributed by atoms with van der Waals surface area (Å²) in [5.74, 6) is -0.248. The minimum Gasteiger partial charge on any atom is -0.391 e. The predicted octanol–water partition coefficient (Wildman–Crippen LogP) is -5.38. The number of hydrogen-bond acceptors (Lipinski definition) is 10. The number of guanidine groups is 1. The molecule has 0 radical (unpaired) electrons. The van der Waals surface area contributed by atoms with Crippen molar-refractivity contribution in [2.45, 2.75) is 80.5 Å². The molecule has 11 atom stereocenters. The van der Waals surface area contributed by atoms with Crippen LogP contribution in [0.1, 0.15) is 13.3 Å². The average Bonchev–Trinajstić information content (AvgIpc) is 2.55. The molecule has 1 aliphatic heterocycles. The Bertz CT molecular complexity index is 506. The van der Waals surface area contributed by atoms with E-state index >= 15 is 0 Å². The highest BCUT2D eigenvalue weighted by Gasteiger charge is 2.49. The summed E-state index contributed by atoms with van der Waals surface area (Å²) in [6.45, 7) is 1.37. The second-order valence-electron chi connectivity index (χ2n) is 6.87. The summed E-state index contributed by atoms with van der Waals surface area (Å²) in [7, 11) is 0. The van der Waals surface area contributed by atoms with Crippen molar-refractivity contribution in [1.29, 1.82) is 0 Å². The van der Waals surface area contributed by atoms with E-state index in [1.54, 1.807) is 0 Å². The predicted molar refractivity (Wildman–Crippen MR) is 89.4 cm³/mol. The summed E-state index contributed by atoms with van der Waals surface area (Å²) in [6.07, 6.45) is -10.1. The van der Waals surface area contributed by atoms with Crippen LogP contribution < -0.4 is 22.9 Å². The van der Waals surface area contributed by atoms with Gasteiger partial charge in [0.15, 0.2) is 12.2 Å². The van der Waals surface area contributed by atoms with Gasteiger partial charge in [-0.2, -0.15) is 0 Å². The Morgan fingerprint density at radius 2 is 1.69 bits per heavy atom. The summed E-state index contributed by atoms with van der Waals surface area (Å²) in [4.78, 5) is 3.84. The van der Waals surface area contributed by atoms with E-state index in [4.69, 9.17) is 32.4 Å². The van der Waals surface area contributed by atoms with Gasteiger partial charge in [-0.05, 0) is 13.3 Å². The standard InChI is InChI=1S/C14H29N5O7/c1-3(20)11-10(24)8(22)6(16)13(25-11)26-12-4(15)2-5(19-14(17)18)7(21)9(12)23/h3-13,20-24H,2,15-16H2,1H3,(H4,17,18,19)/t3-,4?,5?,6+,7-,8+,9-,10+,11?,12+,13-/m1/s1. The van der Waals surface area contributed by atoms with Gasteiger partial charge in [0.2, 0.25) is 0 Å². The normalized spacial score (nSPS) is 48.0. The van der Waals surface area contributed by atoms with E-state index in [1.165, 1.54) is 6.92 Å². The third-order valence-electron chi connectivity index (χ3n) is 4.78.